The zero-order valence-corrected chi connectivity index (χ0v) is 12.2. The van der Waals surface area contributed by atoms with Gasteiger partial charge in [0.05, 0.1) is 5.56 Å². The van der Waals surface area contributed by atoms with Gasteiger partial charge in [-0.3, -0.25) is 4.79 Å². The van der Waals surface area contributed by atoms with Crippen molar-refractivity contribution < 1.29 is 22.4 Å². The van der Waals surface area contributed by atoms with Gasteiger partial charge in [-0.2, -0.15) is 13.2 Å². The first kappa shape index (κ1) is 16.7. The maximum Gasteiger partial charge on any atom is 0.416 e. The topological polar surface area (TPSA) is 32.3 Å². The van der Waals surface area contributed by atoms with Gasteiger partial charge in [0.2, 0.25) is 0 Å². The van der Waals surface area contributed by atoms with E-state index < -0.39 is 23.5 Å². The number of hydrogen-bond donors (Lipinski definition) is 1. The number of amides is 1. The molecule has 1 aromatic rings. The van der Waals surface area contributed by atoms with Crippen LogP contribution in [0.4, 0.5) is 17.6 Å². The second kappa shape index (κ2) is 6.64. The van der Waals surface area contributed by atoms with Crippen molar-refractivity contribution in [1.82, 2.24) is 10.2 Å². The molecule has 122 valence electrons. The summed E-state index contributed by atoms with van der Waals surface area (Å²) in [4.78, 5) is 13.9. The fourth-order valence-corrected chi connectivity index (χ4v) is 2.76. The van der Waals surface area contributed by atoms with E-state index >= 15 is 0 Å². The number of piperidine rings is 1. The fraction of sp³-hybridized carbons (Fsp3) is 0.533. The van der Waals surface area contributed by atoms with Crippen molar-refractivity contribution >= 4 is 5.91 Å². The Hall–Kier alpha value is -1.63. The summed E-state index contributed by atoms with van der Waals surface area (Å²) < 4.78 is 51.6. The number of likely N-dealkylation sites (tertiary alicyclic amines) is 1. The molecule has 2 rings (SSSR count). The third-order valence-electron chi connectivity index (χ3n) is 3.77. The van der Waals surface area contributed by atoms with Crippen LogP contribution in [-0.2, 0) is 6.18 Å². The van der Waals surface area contributed by atoms with Crippen LogP contribution in [0.25, 0.3) is 0 Å². The lowest BCUT2D eigenvalue weighted by Gasteiger charge is -2.33. The SMILES string of the molecule is CNCC1CCCN(C(=O)c2cc(F)cc(C(F)(F)F)c2)C1. The van der Waals surface area contributed by atoms with Gasteiger partial charge in [0.1, 0.15) is 5.82 Å². The number of alkyl halides is 3. The van der Waals surface area contributed by atoms with Gasteiger partial charge in [0.15, 0.2) is 0 Å². The first-order valence-electron chi connectivity index (χ1n) is 7.13. The predicted octanol–water partition coefficient (Wildman–Crippen LogP) is 2.92. The molecule has 1 amide bonds. The Morgan fingerprint density at radius 2 is 2.09 bits per heavy atom. The Morgan fingerprint density at radius 1 is 1.36 bits per heavy atom. The van der Waals surface area contributed by atoms with Crippen molar-refractivity contribution in [3.8, 4) is 0 Å². The van der Waals surface area contributed by atoms with Gasteiger partial charge in [-0.05, 0) is 50.6 Å². The number of halogens is 4. The van der Waals surface area contributed by atoms with E-state index in [1.807, 2.05) is 7.05 Å². The van der Waals surface area contributed by atoms with E-state index in [2.05, 4.69) is 5.32 Å². The maximum atomic E-state index is 13.4. The van der Waals surface area contributed by atoms with Gasteiger partial charge in [-0.1, -0.05) is 0 Å². The van der Waals surface area contributed by atoms with E-state index in [0.29, 0.717) is 25.2 Å². The van der Waals surface area contributed by atoms with Crippen LogP contribution in [0.5, 0.6) is 0 Å². The lowest BCUT2D eigenvalue weighted by atomic mass is 9.97. The Labute approximate surface area is 126 Å². The van der Waals surface area contributed by atoms with Crippen LogP contribution in [0.3, 0.4) is 0 Å². The van der Waals surface area contributed by atoms with Crippen LogP contribution in [0.1, 0.15) is 28.8 Å². The highest BCUT2D eigenvalue weighted by molar-refractivity contribution is 5.94. The Bertz CT molecular complexity index is 543. The van der Waals surface area contributed by atoms with Gasteiger partial charge in [0.25, 0.3) is 5.91 Å². The molecule has 1 unspecified atom stereocenters. The Kier molecular flexibility index (Phi) is 5.05. The van der Waals surface area contributed by atoms with Gasteiger partial charge in [0, 0.05) is 18.7 Å². The number of carbonyl (C=O) groups is 1. The van der Waals surface area contributed by atoms with E-state index in [0.717, 1.165) is 25.5 Å². The molecule has 0 spiro atoms. The molecule has 1 aliphatic heterocycles. The van der Waals surface area contributed by atoms with Crippen LogP contribution in [0, 0.1) is 11.7 Å². The molecule has 1 aliphatic rings. The van der Waals surface area contributed by atoms with Crippen molar-refractivity contribution in [2.24, 2.45) is 5.92 Å². The summed E-state index contributed by atoms with van der Waals surface area (Å²) in [7, 11) is 1.81. The Morgan fingerprint density at radius 3 is 2.73 bits per heavy atom. The van der Waals surface area contributed by atoms with Gasteiger partial charge >= 0.3 is 6.18 Å². The van der Waals surface area contributed by atoms with Crippen molar-refractivity contribution in [1.29, 1.82) is 0 Å². The molecular weight excluding hydrogens is 300 g/mol. The molecule has 1 atom stereocenters. The van der Waals surface area contributed by atoms with Gasteiger partial charge < -0.3 is 10.2 Å². The predicted molar refractivity (Wildman–Crippen MR) is 74.0 cm³/mol. The molecule has 7 heteroatoms. The molecule has 3 nitrogen and oxygen atoms in total. The normalized spacial score (nSPS) is 19.3. The smallest absolute Gasteiger partial charge is 0.338 e. The molecular formula is C15H18F4N2O. The van der Waals surface area contributed by atoms with Crippen LogP contribution >= 0.6 is 0 Å². The largest absolute Gasteiger partial charge is 0.416 e. The van der Waals surface area contributed by atoms with Crippen molar-refractivity contribution in [3.63, 3.8) is 0 Å². The summed E-state index contributed by atoms with van der Waals surface area (Å²) in [6.07, 6.45) is -2.92. The molecule has 1 aromatic carbocycles. The minimum atomic E-state index is -4.67. The van der Waals surface area contributed by atoms with Crippen molar-refractivity contribution in [3.05, 3.63) is 35.1 Å². The number of rotatable bonds is 3. The highest BCUT2D eigenvalue weighted by atomic mass is 19.4. The summed E-state index contributed by atoms with van der Waals surface area (Å²) in [6.45, 7) is 1.69. The lowest BCUT2D eigenvalue weighted by Crippen LogP contribution is -2.42. The third-order valence-corrected chi connectivity index (χ3v) is 3.77. The molecule has 0 aliphatic carbocycles. The second-order valence-corrected chi connectivity index (χ2v) is 5.54. The van der Waals surface area contributed by atoms with Gasteiger partial charge in [-0.15, -0.1) is 0 Å². The molecule has 1 N–H and O–H groups in total. The molecule has 1 saturated heterocycles. The van der Waals surface area contributed by atoms with E-state index in [-0.39, 0.29) is 11.5 Å². The molecule has 1 fully saturated rings. The molecule has 0 bridgehead atoms. The number of hydrogen-bond acceptors (Lipinski definition) is 2. The fourth-order valence-electron chi connectivity index (χ4n) is 2.76. The average Bonchev–Trinajstić information content (AvgIpc) is 2.45. The van der Waals surface area contributed by atoms with Crippen LogP contribution < -0.4 is 5.32 Å². The van der Waals surface area contributed by atoms with Crippen LogP contribution in [-0.4, -0.2) is 37.5 Å². The summed E-state index contributed by atoms with van der Waals surface area (Å²) in [6, 6.07) is 1.98. The van der Waals surface area contributed by atoms with Gasteiger partial charge in [-0.25, -0.2) is 4.39 Å². The first-order valence-corrected chi connectivity index (χ1v) is 7.13. The van der Waals surface area contributed by atoms with Crippen molar-refractivity contribution in [2.45, 2.75) is 19.0 Å². The quantitative estimate of drug-likeness (QED) is 0.869. The maximum absolute atomic E-state index is 13.4. The van der Waals surface area contributed by atoms with E-state index in [4.69, 9.17) is 0 Å². The molecule has 22 heavy (non-hydrogen) atoms. The van der Waals surface area contributed by atoms with E-state index in [1.54, 1.807) is 0 Å². The van der Waals surface area contributed by atoms with Crippen LogP contribution in [0.2, 0.25) is 0 Å². The zero-order valence-electron chi connectivity index (χ0n) is 12.2. The molecule has 0 saturated carbocycles. The number of benzene rings is 1. The number of nitrogens with zero attached hydrogens (tertiary/aromatic N) is 1. The van der Waals surface area contributed by atoms with E-state index in [9.17, 15) is 22.4 Å². The summed E-state index contributed by atoms with van der Waals surface area (Å²) in [5.41, 5.74) is -1.39. The number of nitrogens with one attached hydrogen (secondary N) is 1. The minimum absolute atomic E-state index is 0.252. The standard InChI is InChI=1S/C15H18F4N2O/c1-20-8-10-3-2-4-21(9-10)14(22)11-5-12(15(17,18)19)7-13(16)6-11/h5-7,10,20H,2-4,8-9H2,1H3. The monoisotopic (exact) mass is 318 g/mol. The third kappa shape index (κ3) is 3.97. The average molecular weight is 318 g/mol. The molecule has 0 radical (unpaired) electrons. The highest BCUT2D eigenvalue weighted by Crippen LogP contribution is 2.31. The summed E-state index contributed by atoms with van der Waals surface area (Å²) in [5, 5.41) is 3.03. The number of carbonyl (C=O) groups excluding carboxylic acids is 1. The summed E-state index contributed by atoms with van der Waals surface area (Å²) in [5.74, 6) is -1.34. The summed E-state index contributed by atoms with van der Waals surface area (Å²) >= 11 is 0. The highest BCUT2D eigenvalue weighted by Gasteiger charge is 2.33. The lowest BCUT2D eigenvalue weighted by molar-refractivity contribution is -0.137. The van der Waals surface area contributed by atoms with E-state index in [1.165, 1.54) is 4.90 Å². The second-order valence-electron chi connectivity index (χ2n) is 5.54. The van der Waals surface area contributed by atoms with Crippen LogP contribution in [0.15, 0.2) is 18.2 Å². The molecule has 1 heterocycles. The minimum Gasteiger partial charge on any atom is -0.338 e. The molecule has 0 aromatic heterocycles. The zero-order chi connectivity index (χ0) is 16.3. The Balaban J connectivity index is 2.20. The van der Waals surface area contributed by atoms with Crippen molar-refractivity contribution in [2.75, 3.05) is 26.7 Å². The first-order chi connectivity index (χ1) is 10.3.